The van der Waals surface area contributed by atoms with Crippen LogP contribution in [-0.2, 0) is 21.2 Å². The van der Waals surface area contributed by atoms with Gasteiger partial charge in [0.05, 0.1) is 10.6 Å². The number of hydrogen-bond donors (Lipinski definition) is 1. The summed E-state index contributed by atoms with van der Waals surface area (Å²) in [5.74, 6) is 0.130. The number of carbonyl (C=O) groups is 1. The van der Waals surface area contributed by atoms with Gasteiger partial charge in [-0.15, -0.1) is 0 Å². The molecule has 0 aliphatic heterocycles. The standard InChI is InChI=1S/C25H36N2O3S/c1-5-8-11-21(6-2)18-26-25(28)19-27(24-13-10-9-12-22(24)7-3)31(29,30)23-16-14-20(4)15-17-23/h9-10,12-17,21H,5-8,11,18-19H2,1-4H3,(H,26,28)/t21-/m0/s1. The molecule has 0 aliphatic carbocycles. The fraction of sp³-hybridized carbons (Fsp3) is 0.480. The Kier molecular flexibility index (Phi) is 9.56. The minimum absolute atomic E-state index is 0.186. The second-order valence-electron chi connectivity index (χ2n) is 8.03. The Morgan fingerprint density at radius 1 is 1.03 bits per heavy atom. The summed E-state index contributed by atoms with van der Waals surface area (Å²) in [6.07, 6.45) is 4.99. The number of anilines is 1. The molecule has 0 fully saturated rings. The molecule has 0 spiro atoms. The van der Waals surface area contributed by atoms with Gasteiger partial charge in [0, 0.05) is 6.54 Å². The molecular weight excluding hydrogens is 408 g/mol. The molecule has 2 rings (SSSR count). The third-order valence-corrected chi connectivity index (χ3v) is 7.44. The fourth-order valence-corrected chi connectivity index (χ4v) is 5.04. The van der Waals surface area contributed by atoms with Crippen LogP contribution in [0.5, 0.6) is 0 Å². The average molecular weight is 445 g/mol. The largest absolute Gasteiger partial charge is 0.354 e. The number of nitrogens with zero attached hydrogens (tertiary/aromatic N) is 1. The first kappa shape index (κ1) is 24.9. The molecule has 2 aromatic carbocycles. The van der Waals surface area contributed by atoms with Crippen LogP contribution in [-0.4, -0.2) is 27.4 Å². The van der Waals surface area contributed by atoms with Gasteiger partial charge in [-0.25, -0.2) is 8.42 Å². The molecule has 0 aliphatic rings. The number of hydrogen-bond acceptors (Lipinski definition) is 3. The highest BCUT2D eigenvalue weighted by Crippen LogP contribution is 2.27. The Hall–Kier alpha value is -2.34. The molecule has 0 bridgehead atoms. The van der Waals surface area contributed by atoms with E-state index in [9.17, 15) is 13.2 Å². The Bertz CT molecular complexity index is 939. The first-order valence-corrected chi connectivity index (χ1v) is 12.7. The van der Waals surface area contributed by atoms with Crippen molar-refractivity contribution in [2.45, 2.75) is 64.7 Å². The summed E-state index contributed by atoms with van der Waals surface area (Å²) < 4.78 is 28.3. The lowest BCUT2D eigenvalue weighted by Gasteiger charge is -2.26. The summed E-state index contributed by atoms with van der Waals surface area (Å²) in [6, 6.07) is 14.1. The number of nitrogens with one attached hydrogen (secondary N) is 1. The maximum atomic E-state index is 13.5. The smallest absolute Gasteiger partial charge is 0.264 e. The Labute approximate surface area is 187 Å². The summed E-state index contributed by atoms with van der Waals surface area (Å²) in [5.41, 5.74) is 2.43. The third kappa shape index (κ3) is 6.82. The van der Waals surface area contributed by atoms with Crippen LogP contribution in [0, 0.1) is 12.8 Å². The molecule has 31 heavy (non-hydrogen) atoms. The van der Waals surface area contributed by atoms with Crippen molar-refractivity contribution in [3.05, 3.63) is 59.7 Å². The number of rotatable bonds is 12. The monoisotopic (exact) mass is 444 g/mol. The highest BCUT2D eigenvalue weighted by atomic mass is 32.2. The van der Waals surface area contributed by atoms with Crippen LogP contribution < -0.4 is 9.62 Å². The third-order valence-electron chi connectivity index (χ3n) is 5.67. The van der Waals surface area contributed by atoms with Crippen molar-refractivity contribution in [1.82, 2.24) is 5.32 Å². The first-order chi connectivity index (χ1) is 14.8. The van der Waals surface area contributed by atoms with E-state index in [2.05, 4.69) is 19.2 Å². The molecule has 0 aromatic heterocycles. The van der Waals surface area contributed by atoms with E-state index in [-0.39, 0.29) is 17.3 Å². The van der Waals surface area contributed by atoms with Crippen LogP contribution in [0.2, 0.25) is 0 Å². The van der Waals surface area contributed by atoms with Gasteiger partial charge in [-0.2, -0.15) is 0 Å². The summed E-state index contributed by atoms with van der Waals surface area (Å²) >= 11 is 0. The molecule has 1 atom stereocenters. The molecule has 170 valence electrons. The van der Waals surface area contributed by atoms with Gasteiger partial charge in [0.15, 0.2) is 0 Å². The normalized spacial score (nSPS) is 12.4. The number of carbonyl (C=O) groups excluding carboxylic acids is 1. The first-order valence-electron chi connectivity index (χ1n) is 11.3. The van der Waals surface area contributed by atoms with E-state index < -0.39 is 10.0 Å². The van der Waals surface area contributed by atoms with E-state index in [0.717, 1.165) is 36.8 Å². The Morgan fingerprint density at radius 3 is 2.32 bits per heavy atom. The van der Waals surface area contributed by atoms with Crippen LogP contribution in [0.1, 0.15) is 57.6 Å². The summed E-state index contributed by atoms with van der Waals surface area (Å²) in [4.78, 5) is 13.0. The highest BCUT2D eigenvalue weighted by molar-refractivity contribution is 7.92. The highest BCUT2D eigenvalue weighted by Gasteiger charge is 2.28. The molecule has 5 nitrogen and oxygen atoms in total. The van der Waals surface area contributed by atoms with Gasteiger partial charge in [0.25, 0.3) is 10.0 Å². The van der Waals surface area contributed by atoms with Crippen molar-refractivity contribution < 1.29 is 13.2 Å². The SMILES string of the molecule is CCCC[C@H](CC)CNC(=O)CN(c1ccccc1CC)S(=O)(=O)c1ccc(C)cc1. The van der Waals surface area contributed by atoms with Gasteiger partial charge in [0.2, 0.25) is 5.91 Å². The van der Waals surface area contributed by atoms with Crippen molar-refractivity contribution in [2.75, 3.05) is 17.4 Å². The maximum Gasteiger partial charge on any atom is 0.264 e. The van der Waals surface area contributed by atoms with E-state index in [0.29, 0.717) is 24.6 Å². The molecule has 0 saturated carbocycles. The van der Waals surface area contributed by atoms with E-state index in [4.69, 9.17) is 0 Å². The quantitative estimate of drug-likeness (QED) is 0.496. The second-order valence-corrected chi connectivity index (χ2v) is 9.89. The summed E-state index contributed by atoms with van der Waals surface area (Å²) in [7, 11) is -3.88. The van der Waals surface area contributed by atoms with Gasteiger partial charge in [0.1, 0.15) is 6.54 Å². The van der Waals surface area contributed by atoms with Gasteiger partial charge < -0.3 is 5.32 Å². The van der Waals surface area contributed by atoms with Crippen LogP contribution >= 0.6 is 0 Å². The number of amides is 1. The molecular formula is C25H36N2O3S. The Balaban J connectivity index is 2.30. The maximum absolute atomic E-state index is 13.5. The molecule has 6 heteroatoms. The number of aryl methyl sites for hydroxylation is 2. The van der Waals surface area contributed by atoms with Crippen molar-refractivity contribution >= 4 is 21.6 Å². The van der Waals surface area contributed by atoms with Crippen LogP contribution in [0.3, 0.4) is 0 Å². The van der Waals surface area contributed by atoms with E-state index in [1.54, 1.807) is 30.3 Å². The van der Waals surface area contributed by atoms with Crippen molar-refractivity contribution in [3.8, 4) is 0 Å². The zero-order chi connectivity index (χ0) is 22.9. The fourth-order valence-electron chi connectivity index (χ4n) is 3.58. The summed E-state index contributed by atoms with van der Waals surface area (Å²) in [5, 5.41) is 2.97. The molecule has 0 unspecified atom stereocenters. The summed E-state index contributed by atoms with van der Waals surface area (Å²) in [6.45, 7) is 8.51. The molecule has 2 aromatic rings. The minimum Gasteiger partial charge on any atom is -0.354 e. The predicted octanol–water partition coefficient (Wildman–Crippen LogP) is 5.09. The molecule has 1 amide bonds. The molecule has 0 heterocycles. The minimum atomic E-state index is -3.88. The van der Waals surface area contributed by atoms with Crippen LogP contribution in [0.4, 0.5) is 5.69 Å². The van der Waals surface area contributed by atoms with E-state index in [1.165, 1.54) is 4.31 Å². The van der Waals surface area contributed by atoms with Gasteiger partial charge >= 0.3 is 0 Å². The van der Waals surface area contributed by atoms with Crippen molar-refractivity contribution in [1.29, 1.82) is 0 Å². The molecule has 0 saturated heterocycles. The number of benzene rings is 2. The zero-order valence-electron chi connectivity index (χ0n) is 19.2. The van der Waals surface area contributed by atoms with Crippen LogP contribution in [0.15, 0.2) is 53.4 Å². The van der Waals surface area contributed by atoms with Crippen molar-refractivity contribution in [3.63, 3.8) is 0 Å². The van der Waals surface area contributed by atoms with E-state index >= 15 is 0 Å². The molecule has 0 radical (unpaired) electrons. The van der Waals surface area contributed by atoms with Gasteiger partial charge in [-0.1, -0.05) is 75.9 Å². The Morgan fingerprint density at radius 2 is 1.71 bits per heavy atom. The van der Waals surface area contributed by atoms with Crippen molar-refractivity contribution in [2.24, 2.45) is 5.92 Å². The predicted molar refractivity (Wildman–Crippen MR) is 128 cm³/mol. The lowest BCUT2D eigenvalue weighted by molar-refractivity contribution is -0.119. The zero-order valence-corrected chi connectivity index (χ0v) is 20.0. The number of sulfonamides is 1. The lowest BCUT2D eigenvalue weighted by Crippen LogP contribution is -2.42. The lowest BCUT2D eigenvalue weighted by atomic mass is 9.99. The molecule has 1 N–H and O–H groups in total. The second kappa shape index (κ2) is 11.9. The van der Waals surface area contributed by atoms with E-state index in [1.807, 2.05) is 32.0 Å². The topological polar surface area (TPSA) is 66.5 Å². The average Bonchev–Trinajstić information content (AvgIpc) is 2.77. The van der Waals surface area contributed by atoms with Gasteiger partial charge in [-0.3, -0.25) is 9.10 Å². The van der Waals surface area contributed by atoms with Gasteiger partial charge in [-0.05, 0) is 49.4 Å². The number of para-hydroxylation sites is 1. The van der Waals surface area contributed by atoms with Crippen LogP contribution in [0.25, 0.3) is 0 Å². The number of unbranched alkanes of at least 4 members (excludes halogenated alkanes) is 1.